The molecule has 130 valence electrons. The van der Waals surface area contributed by atoms with Gasteiger partial charge in [0, 0.05) is 0 Å². The van der Waals surface area contributed by atoms with Gasteiger partial charge in [-0.3, -0.25) is 0 Å². The molecule has 0 radical (unpaired) electrons. The Morgan fingerprint density at radius 2 is 1.70 bits per heavy atom. The molecular weight excluding hydrogens is 320 g/mol. The van der Waals surface area contributed by atoms with Gasteiger partial charge in [-0.25, -0.2) is 4.18 Å². The summed E-state index contributed by atoms with van der Waals surface area (Å²) in [6.07, 6.45) is 0.776. The maximum Gasteiger partial charge on any atom is 0.299 e. The van der Waals surface area contributed by atoms with Crippen LogP contribution in [0.1, 0.15) is 12.5 Å². The molecule has 23 heavy (non-hydrogen) atoms. The molecule has 0 aliphatic carbocycles. The third-order valence-electron chi connectivity index (χ3n) is 2.76. The highest BCUT2D eigenvalue weighted by molar-refractivity contribution is 7.86. The Bertz CT molecular complexity index is 552. The van der Waals surface area contributed by atoms with Crippen molar-refractivity contribution in [2.24, 2.45) is 0 Å². The Labute approximate surface area is 138 Å². The van der Waals surface area contributed by atoms with Crippen molar-refractivity contribution < 1.29 is 26.8 Å². The number of hydrogen-bond acceptors (Lipinski definition) is 6. The van der Waals surface area contributed by atoms with E-state index in [0.29, 0.717) is 26.4 Å². The van der Waals surface area contributed by atoms with Crippen molar-refractivity contribution in [3.63, 3.8) is 0 Å². The average Bonchev–Trinajstić information content (AvgIpc) is 2.50. The molecule has 0 aromatic heterocycles. The molecule has 1 rings (SSSR count). The Morgan fingerprint density at radius 3 is 2.35 bits per heavy atom. The Morgan fingerprint density at radius 1 is 1.09 bits per heavy atom. The van der Waals surface area contributed by atoms with Crippen molar-refractivity contribution in [1.29, 1.82) is 0 Å². The van der Waals surface area contributed by atoms with E-state index < -0.39 is 16.4 Å². The fourth-order valence-electron chi connectivity index (χ4n) is 1.63. The summed E-state index contributed by atoms with van der Waals surface area (Å²) in [5.41, 5.74) is 0.975. The zero-order valence-corrected chi connectivity index (χ0v) is 14.4. The van der Waals surface area contributed by atoms with Gasteiger partial charge in [-0.1, -0.05) is 23.8 Å². The SMILES string of the molecule is C=CCOCCOCCOC(C)OS(=O)(=O)c1ccc(C)cc1. The van der Waals surface area contributed by atoms with Gasteiger partial charge in [-0.2, -0.15) is 8.42 Å². The molecule has 0 spiro atoms. The zero-order chi connectivity index (χ0) is 17.1. The van der Waals surface area contributed by atoms with Gasteiger partial charge in [0.2, 0.25) is 0 Å². The van der Waals surface area contributed by atoms with Gasteiger partial charge < -0.3 is 14.2 Å². The molecule has 0 amide bonds. The predicted molar refractivity (Wildman–Crippen MR) is 86.7 cm³/mol. The van der Waals surface area contributed by atoms with E-state index in [0.717, 1.165) is 5.56 Å². The lowest BCUT2D eigenvalue weighted by Gasteiger charge is -2.14. The topological polar surface area (TPSA) is 71.1 Å². The van der Waals surface area contributed by atoms with Gasteiger partial charge in [0.25, 0.3) is 10.1 Å². The maximum absolute atomic E-state index is 12.0. The van der Waals surface area contributed by atoms with E-state index in [2.05, 4.69) is 6.58 Å². The largest absolute Gasteiger partial charge is 0.377 e. The van der Waals surface area contributed by atoms with Crippen LogP contribution in [0.4, 0.5) is 0 Å². The minimum Gasteiger partial charge on any atom is -0.377 e. The summed E-state index contributed by atoms with van der Waals surface area (Å²) in [7, 11) is -3.83. The highest BCUT2D eigenvalue weighted by Gasteiger charge is 2.19. The zero-order valence-electron chi connectivity index (χ0n) is 13.6. The molecule has 6 nitrogen and oxygen atoms in total. The molecule has 0 heterocycles. The number of aryl methyl sites for hydroxylation is 1. The van der Waals surface area contributed by atoms with Crippen LogP contribution in [0.2, 0.25) is 0 Å². The van der Waals surface area contributed by atoms with Gasteiger partial charge in [-0.15, -0.1) is 6.58 Å². The fourth-order valence-corrected chi connectivity index (χ4v) is 2.62. The molecule has 1 aromatic carbocycles. The lowest BCUT2D eigenvalue weighted by Crippen LogP contribution is -2.21. The molecule has 7 heteroatoms. The van der Waals surface area contributed by atoms with E-state index in [1.54, 1.807) is 18.2 Å². The average molecular weight is 344 g/mol. The molecule has 0 aliphatic rings. The molecule has 0 N–H and O–H groups in total. The Hall–Kier alpha value is -1.25. The first-order chi connectivity index (χ1) is 11.0. The van der Waals surface area contributed by atoms with Crippen LogP contribution in [0.15, 0.2) is 41.8 Å². The molecule has 0 bridgehead atoms. The molecule has 1 aromatic rings. The van der Waals surface area contributed by atoms with Gasteiger partial charge in [0.05, 0.1) is 37.9 Å². The number of ether oxygens (including phenoxy) is 3. The van der Waals surface area contributed by atoms with E-state index in [1.807, 2.05) is 6.92 Å². The van der Waals surface area contributed by atoms with Gasteiger partial charge in [0.15, 0.2) is 6.29 Å². The second-order valence-corrected chi connectivity index (χ2v) is 6.35. The second kappa shape index (κ2) is 10.5. The summed E-state index contributed by atoms with van der Waals surface area (Å²) >= 11 is 0. The summed E-state index contributed by atoms with van der Waals surface area (Å²) in [5.74, 6) is 0. The molecule has 0 fully saturated rings. The summed E-state index contributed by atoms with van der Waals surface area (Å²) in [6, 6.07) is 6.43. The van der Waals surface area contributed by atoms with Crippen LogP contribution in [0, 0.1) is 6.92 Å². The minimum absolute atomic E-state index is 0.106. The van der Waals surface area contributed by atoms with Crippen LogP contribution in [0.5, 0.6) is 0 Å². The van der Waals surface area contributed by atoms with Crippen molar-refractivity contribution >= 4 is 10.1 Å². The lowest BCUT2D eigenvalue weighted by molar-refractivity contribution is -0.0826. The van der Waals surface area contributed by atoms with Gasteiger partial charge >= 0.3 is 0 Å². The quantitative estimate of drug-likeness (QED) is 0.251. The van der Waals surface area contributed by atoms with Gasteiger partial charge in [0.1, 0.15) is 0 Å². The monoisotopic (exact) mass is 344 g/mol. The third kappa shape index (κ3) is 8.24. The highest BCUT2D eigenvalue weighted by Crippen LogP contribution is 2.15. The molecular formula is C16H24O6S. The van der Waals surface area contributed by atoms with Crippen molar-refractivity contribution in [1.82, 2.24) is 0 Å². The van der Waals surface area contributed by atoms with Crippen LogP contribution >= 0.6 is 0 Å². The van der Waals surface area contributed by atoms with Crippen molar-refractivity contribution in [2.75, 3.05) is 33.0 Å². The summed E-state index contributed by atoms with van der Waals surface area (Å²) in [4.78, 5) is 0.106. The normalized spacial score (nSPS) is 13.0. The van der Waals surface area contributed by atoms with Crippen molar-refractivity contribution in [3.05, 3.63) is 42.5 Å². The van der Waals surface area contributed by atoms with E-state index >= 15 is 0 Å². The number of rotatable bonds is 12. The Balaban J connectivity index is 2.24. The Kier molecular flexibility index (Phi) is 9.05. The van der Waals surface area contributed by atoms with Crippen LogP contribution in [-0.2, 0) is 28.5 Å². The van der Waals surface area contributed by atoms with Crippen molar-refractivity contribution in [3.8, 4) is 0 Å². The molecule has 1 atom stereocenters. The maximum atomic E-state index is 12.0. The lowest BCUT2D eigenvalue weighted by atomic mass is 10.2. The van der Waals surface area contributed by atoms with E-state index in [-0.39, 0.29) is 11.5 Å². The third-order valence-corrected chi connectivity index (χ3v) is 4.13. The van der Waals surface area contributed by atoms with E-state index in [4.69, 9.17) is 18.4 Å². The first-order valence-corrected chi connectivity index (χ1v) is 8.74. The summed E-state index contributed by atoms with van der Waals surface area (Å²) in [5, 5.41) is 0. The van der Waals surface area contributed by atoms with E-state index in [9.17, 15) is 8.42 Å². The summed E-state index contributed by atoms with van der Waals surface area (Å²) < 4.78 is 44.7. The first-order valence-electron chi connectivity index (χ1n) is 7.33. The standard InChI is InChI=1S/C16H24O6S/c1-4-9-19-10-11-20-12-13-21-15(3)22-23(17,18)16-7-5-14(2)6-8-16/h4-8,15H,1,9-13H2,2-3H3. The summed E-state index contributed by atoms with van der Waals surface area (Å²) in [6.45, 7) is 8.90. The van der Waals surface area contributed by atoms with Crippen LogP contribution in [0.25, 0.3) is 0 Å². The minimum atomic E-state index is -3.83. The van der Waals surface area contributed by atoms with Crippen LogP contribution in [0.3, 0.4) is 0 Å². The van der Waals surface area contributed by atoms with Crippen LogP contribution < -0.4 is 0 Å². The second-order valence-electron chi connectivity index (χ2n) is 4.78. The molecule has 1 unspecified atom stereocenters. The predicted octanol–water partition coefficient (Wildman–Crippen LogP) is 2.28. The van der Waals surface area contributed by atoms with Crippen LogP contribution in [-0.4, -0.2) is 47.7 Å². The van der Waals surface area contributed by atoms with E-state index in [1.165, 1.54) is 19.1 Å². The first kappa shape index (κ1) is 19.8. The molecule has 0 saturated heterocycles. The molecule has 0 aliphatic heterocycles. The number of hydrogen-bond donors (Lipinski definition) is 0. The fraction of sp³-hybridized carbons (Fsp3) is 0.500. The smallest absolute Gasteiger partial charge is 0.299 e. The highest BCUT2D eigenvalue weighted by atomic mass is 32.2. The van der Waals surface area contributed by atoms with Crippen molar-refractivity contribution in [2.45, 2.75) is 25.0 Å². The number of benzene rings is 1. The van der Waals surface area contributed by atoms with Gasteiger partial charge in [-0.05, 0) is 26.0 Å². The molecule has 0 saturated carbocycles.